The fourth-order valence-electron chi connectivity index (χ4n) is 0.530. The van der Waals surface area contributed by atoms with Crippen LogP contribution in [0.4, 0.5) is 0 Å². The molecule has 0 aromatic heterocycles. The molecule has 2 N–H and O–H groups in total. The van der Waals surface area contributed by atoms with Crippen LogP contribution < -0.4 is 0 Å². The average molecular weight is 129 g/mol. The molecule has 54 valence electrons. The molecule has 2 heteroatoms. The maximum Gasteiger partial charge on any atom is 0.0668 e. The van der Waals surface area contributed by atoms with Crippen molar-refractivity contribution in [3.63, 3.8) is 0 Å². The highest BCUT2D eigenvalue weighted by atomic mass is 16.3. The van der Waals surface area contributed by atoms with Gasteiger partial charge >= 0.3 is 0 Å². The molecule has 0 aromatic rings. The summed E-state index contributed by atoms with van der Waals surface area (Å²) in [6, 6.07) is 0. The Balaban J connectivity index is 4.04. The second-order valence-corrected chi connectivity index (χ2v) is 3.06. The lowest BCUT2D eigenvalue weighted by molar-refractivity contribution is 0.0509. The second kappa shape index (κ2) is 2.48. The summed E-state index contributed by atoms with van der Waals surface area (Å²) in [5.41, 5.74) is -0.214. The highest BCUT2D eigenvalue weighted by Gasteiger charge is 2.23. The van der Waals surface area contributed by atoms with Crippen molar-refractivity contribution in [2.24, 2.45) is 5.92 Å². The van der Waals surface area contributed by atoms with E-state index in [4.69, 9.17) is 5.41 Å². The summed E-state index contributed by atoms with van der Waals surface area (Å²) < 4.78 is 0. The molecule has 9 heavy (non-hydrogen) atoms. The van der Waals surface area contributed by atoms with Crippen LogP contribution in [-0.4, -0.2) is 16.4 Å². The van der Waals surface area contributed by atoms with E-state index in [1.807, 2.05) is 6.92 Å². The Kier molecular flexibility index (Phi) is 2.38. The molecule has 0 saturated heterocycles. The first-order valence-electron chi connectivity index (χ1n) is 3.13. The number of rotatable bonds is 2. The molecule has 0 saturated carbocycles. The van der Waals surface area contributed by atoms with Crippen LogP contribution in [0.15, 0.2) is 0 Å². The Morgan fingerprint density at radius 1 is 1.56 bits per heavy atom. The van der Waals surface area contributed by atoms with Gasteiger partial charge in [-0.15, -0.1) is 0 Å². The van der Waals surface area contributed by atoms with E-state index in [1.165, 1.54) is 0 Å². The minimum Gasteiger partial charge on any atom is -0.390 e. The predicted molar refractivity (Wildman–Crippen MR) is 38.9 cm³/mol. The van der Waals surface area contributed by atoms with Gasteiger partial charge in [-0.1, -0.05) is 6.92 Å². The molecule has 0 rings (SSSR count). The van der Waals surface area contributed by atoms with Gasteiger partial charge in [0.15, 0.2) is 0 Å². The second-order valence-electron chi connectivity index (χ2n) is 3.06. The lowest BCUT2D eigenvalue weighted by Gasteiger charge is -2.24. The van der Waals surface area contributed by atoms with Gasteiger partial charge in [0, 0.05) is 11.6 Å². The summed E-state index contributed by atoms with van der Waals surface area (Å²) in [6.07, 6.45) is 0. The van der Waals surface area contributed by atoms with Crippen molar-refractivity contribution in [1.82, 2.24) is 0 Å². The number of aliphatic hydroxyl groups is 1. The van der Waals surface area contributed by atoms with E-state index < -0.39 is 5.60 Å². The molecule has 0 aliphatic heterocycles. The topological polar surface area (TPSA) is 44.1 Å². The Bertz CT molecular complexity index is 113. The Morgan fingerprint density at radius 2 is 1.89 bits per heavy atom. The van der Waals surface area contributed by atoms with Crippen LogP contribution in [0.5, 0.6) is 0 Å². The highest BCUT2D eigenvalue weighted by Crippen LogP contribution is 2.15. The fraction of sp³-hybridized carbons (Fsp3) is 0.857. The van der Waals surface area contributed by atoms with E-state index >= 15 is 0 Å². The first-order chi connectivity index (χ1) is 3.85. The van der Waals surface area contributed by atoms with Crippen molar-refractivity contribution in [2.75, 3.05) is 0 Å². The molecule has 0 aliphatic carbocycles. The summed E-state index contributed by atoms with van der Waals surface area (Å²) in [5, 5.41) is 16.5. The van der Waals surface area contributed by atoms with Crippen LogP contribution in [0.1, 0.15) is 27.7 Å². The summed E-state index contributed by atoms with van der Waals surface area (Å²) in [5.74, 6) is -0.0440. The van der Waals surface area contributed by atoms with E-state index in [0.29, 0.717) is 5.71 Å². The van der Waals surface area contributed by atoms with E-state index in [9.17, 15) is 5.11 Å². The number of hydrogen-bond acceptors (Lipinski definition) is 2. The van der Waals surface area contributed by atoms with Gasteiger partial charge < -0.3 is 10.5 Å². The maximum absolute atomic E-state index is 9.32. The van der Waals surface area contributed by atoms with E-state index in [1.54, 1.807) is 20.8 Å². The Labute approximate surface area is 56.4 Å². The molecule has 2 nitrogen and oxygen atoms in total. The third kappa shape index (κ3) is 2.61. The first-order valence-corrected chi connectivity index (χ1v) is 3.13. The molecular weight excluding hydrogens is 114 g/mol. The van der Waals surface area contributed by atoms with Crippen molar-refractivity contribution >= 4 is 5.71 Å². The maximum atomic E-state index is 9.32. The molecule has 0 amide bonds. The van der Waals surface area contributed by atoms with Crippen molar-refractivity contribution in [2.45, 2.75) is 33.3 Å². The van der Waals surface area contributed by atoms with Crippen LogP contribution in [0, 0.1) is 11.3 Å². The van der Waals surface area contributed by atoms with Gasteiger partial charge in [-0.05, 0) is 20.8 Å². The van der Waals surface area contributed by atoms with Crippen molar-refractivity contribution in [3.05, 3.63) is 0 Å². The molecular formula is C7H15NO. The smallest absolute Gasteiger partial charge is 0.0668 e. The summed E-state index contributed by atoms with van der Waals surface area (Å²) in [6.45, 7) is 7.00. The summed E-state index contributed by atoms with van der Waals surface area (Å²) in [4.78, 5) is 0. The molecule has 0 bridgehead atoms. The summed E-state index contributed by atoms with van der Waals surface area (Å²) in [7, 11) is 0. The lowest BCUT2D eigenvalue weighted by Crippen LogP contribution is -2.32. The van der Waals surface area contributed by atoms with E-state index in [-0.39, 0.29) is 5.92 Å². The van der Waals surface area contributed by atoms with Gasteiger partial charge in [0.2, 0.25) is 0 Å². The van der Waals surface area contributed by atoms with Crippen LogP contribution in [0.2, 0.25) is 0 Å². The molecule has 0 radical (unpaired) electrons. The zero-order valence-corrected chi connectivity index (χ0v) is 6.52. The van der Waals surface area contributed by atoms with E-state index in [2.05, 4.69) is 0 Å². The minimum atomic E-state index is -0.744. The molecule has 0 aliphatic rings. The predicted octanol–water partition coefficient (Wildman–Crippen LogP) is 1.43. The molecule has 0 fully saturated rings. The van der Waals surface area contributed by atoms with Gasteiger partial charge in [-0.3, -0.25) is 0 Å². The van der Waals surface area contributed by atoms with Crippen LogP contribution in [0.25, 0.3) is 0 Å². The molecule has 0 spiro atoms. The minimum absolute atomic E-state index is 0.0440. The first kappa shape index (κ1) is 8.63. The standard InChI is InChI=1S/C7H15NO/c1-5(6(2)8)7(3,4)9/h5,8-9H,1-4H3. The highest BCUT2D eigenvalue weighted by molar-refractivity contribution is 5.81. The average Bonchev–Trinajstić information content (AvgIpc) is 1.62. The quantitative estimate of drug-likeness (QED) is 0.544. The van der Waals surface area contributed by atoms with Crippen molar-refractivity contribution in [1.29, 1.82) is 5.41 Å². The molecule has 0 aromatic carbocycles. The van der Waals surface area contributed by atoms with Gasteiger partial charge in [-0.2, -0.15) is 0 Å². The largest absolute Gasteiger partial charge is 0.390 e. The van der Waals surface area contributed by atoms with Gasteiger partial charge in [-0.25, -0.2) is 0 Å². The van der Waals surface area contributed by atoms with Crippen LogP contribution >= 0.6 is 0 Å². The van der Waals surface area contributed by atoms with E-state index in [0.717, 1.165) is 0 Å². The van der Waals surface area contributed by atoms with Crippen molar-refractivity contribution < 1.29 is 5.11 Å². The number of nitrogens with one attached hydrogen (secondary N) is 1. The van der Waals surface area contributed by atoms with Crippen LogP contribution in [0.3, 0.4) is 0 Å². The normalized spacial score (nSPS) is 15.2. The third-order valence-electron chi connectivity index (χ3n) is 1.71. The van der Waals surface area contributed by atoms with Gasteiger partial charge in [0.1, 0.15) is 0 Å². The molecule has 1 atom stereocenters. The third-order valence-corrected chi connectivity index (χ3v) is 1.71. The molecule has 1 unspecified atom stereocenters. The number of hydrogen-bond donors (Lipinski definition) is 2. The van der Waals surface area contributed by atoms with Crippen LogP contribution in [-0.2, 0) is 0 Å². The molecule has 0 heterocycles. The van der Waals surface area contributed by atoms with Gasteiger partial charge in [0.25, 0.3) is 0 Å². The Morgan fingerprint density at radius 3 is 1.89 bits per heavy atom. The summed E-state index contributed by atoms with van der Waals surface area (Å²) >= 11 is 0. The monoisotopic (exact) mass is 129 g/mol. The Hall–Kier alpha value is -0.370. The van der Waals surface area contributed by atoms with Gasteiger partial charge in [0.05, 0.1) is 5.60 Å². The SMILES string of the molecule is CC(=N)C(C)C(C)(C)O. The van der Waals surface area contributed by atoms with Crippen molar-refractivity contribution in [3.8, 4) is 0 Å². The zero-order chi connectivity index (χ0) is 7.65. The fourth-order valence-corrected chi connectivity index (χ4v) is 0.530. The zero-order valence-electron chi connectivity index (χ0n) is 6.52. The lowest BCUT2D eigenvalue weighted by atomic mass is 9.89.